The fraction of sp³-hybridized carbons (Fsp3) is 0.0769. The van der Waals surface area contributed by atoms with Gasteiger partial charge in [0.15, 0.2) is 11.4 Å². The first-order valence-electron chi connectivity index (χ1n) is 10.2. The van der Waals surface area contributed by atoms with Crippen LogP contribution in [0.15, 0.2) is 93.3 Å². The summed E-state index contributed by atoms with van der Waals surface area (Å²) in [6, 6.07) is 21.4. The summed E-state index contributed by atoms with van der Waals surface area (Å²) in [4.78, 5) is 27.2. The Hall–Kier alpha value is -3.16. The molecule has 0 fully saturated rings. The maximum atomic E-state index is 14.1. The Kier molecular flexibility index (Phi) is 4.44. The lowest BCUT2D eigenvalue weighted by Gasteiger charge is -2.44. The summed E-state index contributed by atoms with van der Waals surface area (Å²) in [5.74, 6) is -1.54. The highest BCUT2D eigenvalue weighted by Gasteiger charge is 2.63. The predicted octanol–water partition coefficient (Wildman–Crippen LogP) is 6.03. The molecular weight excluding hydrogens is 552 g/mol. The van der Waals surface area contributed by atoms with Gasteiger partial charge in [-0.25, -0.2) is 4.79 Å². The molecule has 6 rings (SSSR count). The minimum Gasteiger partial charge on any atom is -0.506 e. The van der Waals surface area contributed by atoms with Crippen LogP contribution in [0.2, 0.25) is 0 Å². The molecule has 3 aliphatic rings. The molecule has 1 spiro atoms. The lowest BCUT2D eigenvalue weighted by atomic mass is 9.68. The molecule has 0 amide bonds. The van der Waals surface area contributed by atoms with Crippen molar-refractivity contribution in [2.24, 2.45) is 5.92 Å². The van der Waals surface area contributed by atoms with Crippen LogP contribution < -0.4 is 4.74 Å². The topological polar surface area (TPSA) is 72.8 Å². The number of hydrogen-bond acceptors (Lipinski definition) is 5. The average molecular weight is 566 g/mol. The number of aliphatic hydroxyl groups is 1. The van der Waals surface area contributed by atoms with Crippen molar-refractivity contribution in [2.75, 3.05) is 0 Å². The molecule has 0 radical (unpaired) electrons. The molecule has 0 bridgehead atoms. The highest BCUT2D eigenvalue weighted by molar-refractivity contribution is 9.12. The predicted molar refractivity (Wildman–Crippen MR) is 128 cm³/mol. The van der Waals surface area contributed by atoms with E-state index in [4.69, 9.17) is 9.47 Å². The smallest absolute Gasteiger partial charge is 0.339 e. The number of para-hydroxylation sites is 1. The Labute approximate surface area is 205 Å². The van der Waals surface area contributed by atoms with Gasteiger partial charge in [-0.2, -0.15) is 0 Å². The van der Waals surface area contributed by atoms with Crippen LogP contribution in [0, 0.1) is 5.92 Å². The number of halogens is 2. The van der Waals surface area contributed by atoms with E-state index >= 15 is 0 Å². The lowest BCUT2D eigenvalue weighted by molar-refractivity contribution is -0.125. The lowest BCUT2D eigenvalue weighted by Crippen LogP contribution is -2.48. The molecule has 2 unspecified atom stereocenters. The fourth-order valence-electron chi connectivity index (χ4n) is 4.92. The van der Waals surface area contributed by atoms with Gasteiger partial charge in [-0.1, -0.05) is 60.7 Å². The van der Waals surface area contributed by atoms with E-state index in [1.165, 1.54) is 0 Å². The molecule has 2 aliphatic heterocycles. The van der Waals surface area contributed by atoms with Crippen molar-refractivity contribution >= 4 is 49.2 Å². The minimum absolute atomic E-state index is 0.137. The van der Waals surface area contributed by atoms with E-state index in [-0.39, 0.29) is 21.6 Å². The number of Topliss-reactive ketones (excluding diaryl/α,β-unsaturated/α-hetero) is 1. The Bertz CT molecular complexity index is 1440. The van der Waals surface area contributed by atoms with Crippen LogP contribution in [0.1, 0.15) is 27.0 Å². The van der Waals surface area contributed by atoms with E-state index in [1.807, 2.05) is 18.2 Å². The first-order chi connectivity index (χ1) is 15.9. The summed E-state index contributed by atoms with van der Waals surface area (Å²) in [6.07, 6.45) is 0. The van der Waals surface area contributed by atoms with Crippen LogP contribution in [-0.4, -0.2) is 16.9 Å². The van der Waals surface area contributed by atoms with Gasteiger partial charge in [-0.3, -0.25) is 4.79 Å². The number of aliphatic hydroxyl groups excluding tert-OH is 1. The normalized spacial score (nSPS) is 23.2. The number of hydrogen-bond donors (Lipinski definition) is 1. The highest BCUT2D eigenvalue weighted by Crippen LogP contribution is 2.60. The van der Waals surface area contributed by atoms with Crippen molar-refractivity contribution in [3.8, 4) is 5.75 Å². The van der Waals surface area contributed by atoms with E-state index in [0.29, 0.717) is 32.5 Å². The summed E-state index contributed by atoms with van der Waals surface area (Å²) in [5.41, 5.74) is 0.793. The number of rotatable bonds is 1. The zero-order chi connectivity index (χ0) is 22.9. The number of benzene rings is 3. The van der Waals surface area contributed by atoms with E-state index in [1.54, 1.807) is 54.6 Å². The van der Waals surface area contributed by atoms with Gasteiger partial charge in [0.25, 0.3) is 0 Å². The van der Waals surface area contributed by atoms with Gasteiger partial charge in [0.2, 0.25) is 0 Å². The van der Waals surface area contributed by atoms with Crippen molar-refractivity contribution in [3.63, 3.8) is 0 Å². The van der Waals surface area contributed by atoms with Gasteiger partial charge in [0.1, 0.15) is 23.2 Å². The Morgan fingerprint density at radius 2 is 1.55 bits per heavy atom. The third kappa shape index (κ3) is 2.63. The maximum Gasteiger partial charge on any atom is 0.339 e. The number of esters is 1. The van der Waals surface area contributed by atoms with Crippen molar-refractivity contribution < 1.29 is 24.2 Å². The standard InChI is InChI=1S/C26H14Br2O5/c27-17-12-6-11-16-23(17)32-24-19(26(16)15-10-5-4-9-14(15)25(31)33-26)21(29)18(22(30)20(24)28)13-7-2-1-3-8-13/h1-12,19,30H. The number of carbonyl (C=O) groups excluding carboxylic acids is 2. The fourth-order valence-corrected chi connectivity index (χ4v) is 5.87. The molecule has 2 heterocycles. The molecule has 3 aromatic rings. The first kappa shape index (κ1) is 20.4. The molecule has 0 aromatic heterocycles. The molecule has 1 aliphatic carbocycles. The number of carbonyl (C=O) groups is 2. The van der Waals surface area contributed by atoms with Crippen molar-refractivity contribution in [3.05, 3.63) is 116 Å². The SMILES string of the molecule is O=C1OC2(c3ccccc31)c1cccc(Br)c1OC1=C(Br)C(O)=C(c3ccccc3)C(=O)C12. The van der Waals surface area contributed by atoms with Crippen LogP contribution >= 0.6 is 31.9 Å². The Balaban J connectivity index is 1.71. The first-order valence-corrected chi connectivity index (χ1v) is 11.8. The molecule has 7 heteroatoms. The maximum absolute atomic E-state index is 14.1. The molecular formula is C26H14Br2O5. The van der Waals surface area contributed by atoms with Crippen LogP contribution in [0.3, 0.4) is 0 Å². The van der Waals surface area contributed by atoms with Crippen molar-refractivity contribution in [2.45, 2.75) is 5.60 Å². The number of fused-ring (bicyclic) bond motifs is 6. The van der Waals surface area contributed by atoms with Gasteiger partial charge in [0, 0.05) is 11.1 Å². The molecule has 5 nitrogen and oxygen atoms in total. The van der Waals surface area contributed by atoms with E-state index < -0.39 is 23.3 Å². The monoisotopic (exact) mass is 564 g/mol. The third-order valence-electron chi connectivity index (χ3n) is 6.28. The molecule has 33 heavy (non-hydrogen) atoms. The average Bonchev–Trinajstić information content (AvgIpc) is 3.12. The van der Waals surface area contributed by atoms with Gasteiger partial charge < -0.3 is 14.6 Å². The van der Waals surface area contributed by atoms with Gasteiger partial charge >= 0.3 is 5.97 Å². The number of allylic oxidation sites excluding steroid dienone is 2. The summed E-state index contributed by atoms with van der Waals surface area (Å²) in [5, 5.41) is 11.1. The number of ketones is 1. The molecule has 162 valence electrons. The molecule has 2 atom stereocenters. The molecule has 3 aromatic carbocycles. The quantitative estimate of drug-likeness (QED) is 0.365. The Morgan fingerprint density at radius 1 is 0.848 bits per heavy atom. The zero-order valence-corrected chi connectivity index (χ0v) is 20.0. The molecule has 0 saturated heterocycles. The summed E-state index contributed by atoms with van der Waals surface area (Å²) in [7, 11) is 0. The summed E-state index contributed by atoms with van der Waals surface area (Å²) in [6.45, 7) is 0. The minimum atomic E-state index is -1.45. The van der Waals surface area contributed by atoms with E-state index in [0.717, 1.165) is 0 Å². The largest absolute Gasteiger partial charge is 0.506 e. The van der Waals surface area contributed by atoms with E-state index in [9.17, 15) is 14.7 Å². The highest BCUT2D eigenvalue weighted by atomic mass is 79.9. The molecule has 1 N–H and O–H groups in total. The van der Waals surface area contributed by atoms with Crippen LogP contribution in [-0.2, 0) is 15.1 Å². The van der Waals surface area contributed by atoms with Gasteiger partial charge in [-0.15, -0.1) is 0 Å². The van der Waals surface area contributed by atoms with Gasteiger partial charge in [0.05, 0.1) is 20.1 Å². The van der Waals surface area contributed by atoms with Gasteiger partial charge in [-0.05, 0) is 49.6 Å². The van der Waals surface area contributed by atoms with Crippen molar-refractivity contribution in [1.29, 1.82) is 0 Å². The van der Waals surface area contributed by atoms with Crippen LogP contribution in [0.25, 0.3) is 5.57 Å². The zero-order valence-electron chi connectivity index (χ0n) is 16.8. The Morgan fingerprint density at radius 3 is 2.33 bits per heavy atom. The van der Waals surface area contributed by atoms with Crippen LogP contribution in [0.5, 0.6) is 5.75 Å². The molecule has 0 saturated carbocycles. The number of ether oxygens (including phenoxy) is 2. The second kappa shape index (κ2) is 7.17. The van der Waals surface area contributed by atoms with Crippen molar-refractivity contribution in [1.82, 2.24) is 0 Å². The van der Waals surface area contributed by atoms with E-state index in [2.05, 4.69) is 31.9 Å². The summed E-state index contributed by atoms with van der Waals surface area (Å²) >= 11 is 6.98. The van der Waals surface area contributed by atoms with Crippen LogP contribution in [0.4, 0.5) is 0 Å². The second-order valence-electron chi connectivity index (χ2n) is 7.95. The second-order valence-corrected chi connectivity index (χ2v) is 9.60. The summed E-state index contributed by atoms with van der Waals surface area (Å²) < 4.78 is 13.2. The third-order valence-corrected chi connectivity index (χ3v) is 7.67.